The van der Waals surface area contributed by atoms with Crippen LogP contribution in [0.1, 0.15) is 85.3 Å². The summed E-state index contributed by atoms with van der Waals surface area (Å²) in [5.41, 5.74) is 7.51. The third-order valence-electron chi connectivity index (χ3n) is 4.64. The van der Waals surface area contributed by atoms with E-state index in [9.17, 15) is 0 Å². The average molecular weight is 405 g/mol. The molecule has 164 valence electrons. The zero-order valence-corrected chi connectivity index (χ0v) is 20.6. The molecule has 0 aliphatic rings. The maximum absolute atomic E-state index is 3.94. The lowest BCUT2D eigenvalue weighted by Crippen LogP contribution is -1.83. The Hall–Kier alpha value is -2.34. The zero-order valence-electron chi connectivity index (χ0n) is 20.6. The van der Waals surface area contributed by atoms with Crippen molar-refractivity contribution in [3.05, 3.63) is 96.2 Å². The van der Waals surface area contributed by atoms with Crippen molar-refractivity contribution < 1.29 is 0 Å². The van der Waals surface area contributed by atoms with E-state index >= 15 is 0 Å². The van der Waals surface area contributed by atoms with Gasteiger partial charge in [0.05, 0.1) is 0 Å². The molecule has 0 heteroatoms. The summed E-state index contributed by atoms with van der Waals surface area (Å²) in [6.07, 6.45) is 17.9. The molecule has 0 spiro atoms. The van der Waals surface area contributed by atoms with Crippen LogP contribution in [0.4, 0.5) is 0 Å². The zero-order chi connectivity index (χ0) is 22.9. The van der Waals surface area contributed by atoms with Gasteiger partial charge in [0.2, 0.25) is 0 Å². The summed E-state index contributed by atoms with van der Waals surface area (Å²) in [5, 5.41) is 0. The summed E-state index contributed by atoms with van der Waals surface area (Å²) in [5.74, 6) is 0.668. The van der Waals surface area contributed by atoms with Crippen molar-refractivity contribution in [2.75, 3.05) is 0 Å². The highest BCUT2D eigenvalue weighted by molar-refractivity contribution is 5.69. The highest BCUT2D eigenvalue weighted by atomic mass is 14.0. The lowest BCUT2D eigenvalue weighted by molar-refractivity contribution is 0.788. The molecule has 0 saturated carbocycles. The Morgan fingerprint density at radius 2 is 1.60 bits per heavy atom. The number of benzene rings is 1. The number of rotatable bonds is 10. The van der Waals surface area contributed by atoms with E-state index in [0.717, 1.165) is 12.0 Å². The molecule has 1 aromatic rings. The summed E-state index contributed by atoms with van der Waals surface area (Å²) in [6, 6.07) is 8.50. The molecule has 0 nitrogen and oxygen atoms in total. The Bertz CT molecular complexity index is 746. The van der Waals surface area contributed by atoms with Gasteiger partial charge in [-0.25, -0.2) is 0 Å². The standard InChI is InChI=1S/C17H20.C13H24/c1-6-7-14(4)12-15(5)17-10-8-16(9-11-17)13(2)3;1-5-7-9-13(8-6-2)11-10-12(3)4/h6-12H,1-2H2,3-5H3;8,10-12H,5-7,9H2,1-4H3/b14-7-,15-12+;11-10-,13-8-. The van der Waals surface area contributed by atoms with Crippen molar-refractivity contribution in [2.24, 2.45) is 5.92 Å². The normalized spacial score (nSPS) is 12.7. The van der Waals surface area contributed by atoms with Gasteiger partial charge in [-0.05, 0) is 62.7 Å². The fourth-order valence-electron chi connectivity index (χ4n) is 2.89. The predicted octanol–water partition coefficient (Wildman–Crippen LogP) is 9.98. The quantitative estimate of drug-likeness (QED) is 0.340. The van der Waals surface area contributed by atoms with Crippen LogP contribution < -0.4 is 0 Å². The van der Waals surface area contributed by atoms with E-state index in [4.69, 9.17) is 0 Å². The first-order valence-electron chi connectivity index (χ1n) is 11.4. The van der Waals surface area contributed by atoms with Gasteiger partial charge in [0.15, 0.2) is 0 Å². The first-order valence-corrected chi connectivity index (χ1v) is 11.4. The van der Waals surface area contributed by atoms with Crippen molar-refractivity contribution in [2.45, 2.75) is 74.1 Å². The van der Waals surface area contributed by atoms with Crippen molar-refractivity contribution in [1.29, 1.82) is 0 Å². The van der Waals surface area contributed by atoms with Crippen LogP contribution in [-0.2, 0) is 0 Å². The minimum absolute atomic E-state index is 0.668. The summed E-state index contributed by atoms with van der Waals surface area (Å²) < 4.78 is 0. The van der Waals surface area contributed by atoms with Crippen molar-refractivity contribution in [3.63, 3.8) is 0 Å². The molecule has 1 rings (SSSR count). The first kappa shape index (κ1) is 27.7. The molecule has 0 radical (unpaired) electrons. The summed E-state index contributed by atoms with van der Waals surface area (Å²) in [7, 11) is 0. The lowest BCUT2D eigenvalue weighted by atomic mass is 10.0. The SMILES string of the molecule is C=C/C=C(C)\C=C(/C)c1ccc(C(=C)C)cc1.CC/C=C(\C=C/C(C)C)CCCC. The van der Waals surface area contributed by atoms with Crippen LogP contribution in [0.25, 0.3) is 11.1 Å². The summed E-state index contributed by atoms with van der Waals surface area (Å²) in [6.45, 7) is 22.7. The first-order chi connectivity index (χ1) is 14.2. The second kappa shape index (κ2) is 16.5. The molecular weight excluding hydrogens is 360 g/mol. The minimum Gasteiger partial charge on any atom is -0.0991 e. The van der Waals surface area contributed by atoms with Gasteiger partial charge in [-0.15, -0.1) is 0 Å². The average Bonchev–Trinajstić information content (AvgIpc) is 2.70. The van der Waals surface area contributed by atoms with E-state index in [1.165, 1.54) is 47.1 Å². The Kier molecular flexibility index (Phi) is 15.2. The monoisotopic (exact) mass is 404 g/mol. The molecule has 0 aliphatic carbocycles. The molecule has 1 aromatic carbocycles. The van der Waals surface area contributed by atoms with Gasteiger partial charge < -0.3 is 0 Å². The van der Waals surface area contributed by atoms with Crippen LogP contribution in [0, 0.1) is 5.92 Å². The molecule has 0 bridgehead atoms. The molecular formula is C30H44. The second-order valence-corrected chi connectivity index (χ2v) is 8.23. The molecule has 0 aliphatic heterocycles. The van der Waals surface area contributed by atoms with Crippen LogP contribution in [0.15, 0.2) is 85.0 Å². The van der Waals surface area contributed by atoms with Gasteiger partial charge in [0, 0.05) is 0 Å². The topological polar surface area (TPSA) is 0 Å². The number of hydrogen-bond donors (Lipinski definition) is 0. The highest BCUT2D eigenvalue weighted by Crippen LogP contribution is 2.19. The Labute approximate surface area is 187 Å². The van der Waals surface area contributed by atoms with Gasteiger partial charge >= 0.3 is 0 Å². The van der Waals surface area contributed by atoms with Crippen LogP contribution in [0.3, 0.4) is 0 Å². The molecule has 0 atom stereocenters. The molecule has 0 N–H and O–H groups in total. The third-order valence-corrected chi connectivity index (χ3v) is 4.64. The van der Waals surface area contributed by atoms with Crippen LogP contribution in [0.5, 0.6) is 0 Å². The smallest absolute Gasteiger partial charge is 0.0227 e. The van der Waals surface area contributed by atoms with Crippen molar-refractivity contribution in [3.8, 4) is 0 Å². The predicted molar refractivity (Wildman–Crippen MR) is 141 cm³/mol. The van der Waals surface area contributed by atoms with E-state index < -0.39 is 0 Å². The van der Waals surface area contributed by atoms with Crippen LogP contribution in [-0.4, -0.2) is 0 Å². The van der Waals surface area contributed by atoms with Gasteiger partial charge in [-0.3, -0.25) is 0 Å². The van der Waals surface area contributed by atoms with Gasteiger partial charge in [-0.1, -0.05) is 125 Å². The van der Waals surface area contributed by atoms with Crippen molar-refractivity contribution >= 4 is 11.1 Å². The van der Waals surface area contributed by atoms with Crippen LogP contribution in [0.2, 0.25) is 0 Å². The molecule has 0 fully saturated rings. The van der Waals surface area contributed by atoms with Gasteiger partial charge in [-0.2, -0.15) is 0 Å². The van der Waals surface area contributed by atoms with Crippen LogP contribution >= 0.6 is 0 Å². The van der Waals surface area contributed by atoms with E-state index in [2.05, 4.69) is 103 Å². The molecule has 0 aromatic heterocycles. The molecule has 0 heterocycles. The maximum atomic E-state index is 3.94. The second-order valence-electron chi connectivity index (χ2n) is 8.23. The highest BCUT2D eigenvalue weighted by Gasteiger charge is 1.97. The fraction of sp³-hybridized carbons (Fsp3) is 0.400. The molecule has 0 amide bonds. The third kappa shape index (κ3) is 13.0. The number of allylic oxidation sites excluding steroid dienone is 10. The van der Waals surface area contributed by atoms with E-state index in [0.29, 0.717) is 5.92 Å². The van der Waals surface area contributed by atoms with Crippen molar-refractivity contribution in [1.82, 2.24) is 0 Å². The Morgan fingerprint density at radius 3 is 2.07 bits per heavy atom. The number of hydrogen-bond acceptors (Lipinski definition) is 0. The lowest BCUT2D eigenvalue weighted by Gasteiger charge is -2.04. The summed E-state index contributed by atoms with van der Waals surface area (Å²) >= 11 is 0. The van der Waals surface area contributed by atoms with E-state index in [1.807, 2.05) is 19.1 Å². The molecule has 0 unspecified atom stereocenters. The van der Waals surface area contributed by atoms with Gasteiger partial charge in [0.25, 0.3) is 0 Å². The largest absolute Gasteiger partial charge is 0.0991 e. The molecule has 0 saturated heterocycles. The maximum Gasteiger partial charge on any atom is -0.0227 e. The minimum atomic E-state index is 0.668. The molecule has 30 heavy (non-hydrogen) atoms. The Morgan fingerprint density at radius 1 is 1.00 bits per heavy atom. The Balaban J connectivity index is 0.000000584. The number of unbranched alkanes of at least 4 members (excludes halogenated alkanes) is 1. The van der Waals surface area contributed by atoms with E-state index in [1.54, 1.807) is 0 Å². The van der Waals surface area contributed by atoms with Gasteiger partial charge in [0.1, 0.15) is 0 Å². The van der Waals surface area contributed by atoms with E-state index in [-0.39, 0.29) is 0 Å². The summed E-state index contributed by atoms with van der Waals surface area (Å²) in [4.78, 5) is 0. The fourth-order valence-corrected chi connectivity index (χ4v) is 2.89.